The molecular formula is C16H19F3N2. The molecule has 0 heterocycles. The van der Waals surface area contributed by atoms with Crippen molar-refractivity contribution in [1.29, 1.82) is 5.26 Å². The van der Waals surface area contributed by atoms with Crippen molar-refractivity contribution in [3.63, 3.8) is 0 Å². The molecule has 3 atom stereocenters. The molecule has 1 N–H and O–H groups in total. The van der Waals surface area contributed by atoms with E-state index in [1.807, 2.05) is 6.07 Å². The summed E-state index contributed by atoms with van der Waals surface area (Å²) < 4.78 is 38.0. The molecule has 114 valence electrons. The topological polar surface area (TPSA) is 35.8 Å². The first-order valence-electron chi connectivity index (χ1n) is 7.19. The van der Waals surface area contributed by atoms with Gasteiger partial charge in [-0.05, 0) is 49.3 Å². The molecule has 0 amide bonds. The van der Waals surface area contributed by atoms with Crippen LogP contribution in [-0.4, -0.2) is 6.04 Å². The fourth-order valence-electron chi connectivity index (χ4n) is 2.84. The minimum Gasteiger partial charge on any atom is -0.381 e. The molecule has 1 aromatic rings. The summed E-state index contributed by atoms with van der Waals surface area (Å²) in [5.74, 6) is 1.25. The number of anilines is 1. The highest BCUT2D eigenvalue weighted by molar-refractivity contribution is 5.59. The minimum absolute atomic E-state index is 0.0519. The standard InChI is InChI=1S/C16H19F3N2/c1-10-3-5-14(7-11(10)2)21-15-6-4-13(16(17,18)19)8-12(15)9-20/h4,6,8,10-11,14,21H,3,5,7H2,1-2H3. The quantitative estimate of drug-likeness (QED) is 0.849. The minimum atomic E-state index is -4.42. The van der Waals surface area contributed by atoms with E-state index in [2.05, 4.69) is 19.2 Å². The lowest BCUT2D eigenvalue weighted by Gasteiger charge is -2.33. The number of halogens is 3. The Morgan fingerprint density at radius 1 is 1.19 bits per heavy atom. The van der Waals surface area contributed by atoms with Gasteiger partial charge in [0.25, 0.3) is 0 Å². The highest BCUT2D eigenvalue weighted by Crippen LogP contribution is 2.34. The van der Waals surface area contributed by atoms with Gasteiger partial charge in [-0.2, -0.15) is 18.4 Å². The van der Waals surface area contributed by atoms with E-state index in [9.17, 15) is 13.2 Å². The summed E-state index contributed by atoms with van der Waals surface area (Å²) in [5.41, 5.74) is -0.233. The Hall–Kier alpha value is -1.70. The summed E-state index contributed by atoms with van der Waals surface area (Å²) in [6.07, 6.45) is -1.36. The van der Waals surface area contributed by atoms with Crippen LogP contribution in [0, 0.1) is 23.2 Å². The van der Waals surface area contributed by atoms with Gasteiger partial charge in [-0.25, -0.2) is 0 Å². The number of rotatable bonds is 2. The highest BCUT2D eigenvalue weighted by Gasteiger charge is 2.31. The van der Waals surface area contributed by atoms with Gasteiger partial charge < -0.3 is 5.32 Å². The van der Waals surface area contributed by atoms with Crippen LogP contribution in [-0.2, 0) is 6.18 Å². The van der Waals surface area contributed by atoms with E-state index >= 15 is 0 Å². The van der Waals surface area contributed by atoms with Crippen LogP contribution >= 0.6 is 0 Å². The summed E-state index contributed by atoms with van der Waals surface area (Å²) in [4.78, 5) is 0. The van der Waals surface area contributed by atoms with Crippen molar-refractivity contribution < 1.29 is 13.2 Å². The lowest BCUT2D eigenvalue weighted by molar-refractivity contribution is -0.137. The van der Waals surface area contributed by atoms with Gasteiger partial charge in [0.2, 0.25) is 0 Å². The first-order valence-corrected chi connectivity index (χ1v) is 7.19. The second-order valence-electron chi connectivity index (χ2n) is 5.98. The maximum atomic E-state index is 12.7. The Morgan fingerprint density at radius 3 is 2.48 bits per heavy atom. The molecule has 3 unspecified atom stereocenters. The van der Waals surface area contributed by atoms with Gasteiger partial charge in [0.15, 0.2) is 0 Å². The lowest BCUT2D eigenvalue weighted by Crippen LogP contribution is -2.30. The maximum absolute atomic E-state index is 12.7. The fraction of sp³-hybridized carbons (Fsp3) is 0.562. The van der Waals surface area contributed by atoms with Crippen LogP contribution in [0.15, 0.2) is 18.2 Å². The molecule has 0 radical (unpaired) electrons. The van der Waals surface area contributed by atoms with Crippen LogP contribution < -0.4 is 5.32 Å². The number of benzene rings is 1. The van der Waals surface area contributed by atoms with E-state index in [1.54, 1.807) is 0 Å². The molecule has 0 bridgehead atoms. The maximum Gasteiger partial charge on any atom is 0.416 e. The van der Waals surface area contributed by atoms with Crippen LogP contribution in [0.1, 0.15) is 44.2 Å². The number of nitrogens with one attached hydrogen (secondary N) is 1. The highest BCUT2D eigenvalue weighted by atomic mass is 19.4. The van der Waals surface area contributed by atoms with Crippen molar-refractivity contribution in [3.8, 4) is 6.07 Å². The molecule has 5 heteroatoms. The van der Waals surface area contributed by atoms with Crippen molar-refractivity contribution in [2.24, 2.45) is 11.8 Å². The summed E-state index contributed by atoms with van der Waals surface area (Å²) in [5, 5.41) is 12.3. The molecule has 2 rings (SSSR count). The van der Waals surface area contributed by atoms with Crippen LogP contribution in [0.4, 0.5) is 18.9 Å². The average Bonchev–Trinajstić information content (AvgIpc) is 2.42. The Balaban J connectivity index is 2.16. The summed E-state index contributed by atoms with van der Waals surface area (Å²) >= 11 is 0. The second kappa shape index (κ2) is 5.97. The van der Waals surface area contributed by atoms with Crippen molar-refractivity contribution in [1.82, 2.24) is 0 Å². The van der Waals surface area contributed by atoms with E-state index in [-0.39, 0.29) is 11.6 Å². The zero-order valence-corrected chi connectivity index (χ0v) is 12.2. The normalized spacial score (nSPS) is 26.2. The molecule has 1 saturated carbocycles. The van der Waals surface area contributed by atoms with Crippen molar-refractivity contribution in [2.45, 2.75) is 45.3 Å². The van der Waals surface area contributed by atoms with Crippen LogP contribution in [0.25, 0.3) is 0 Å². The van der Waals surface area contributed by atoms with Crippen LogP contribution in [0.2, 0.25) is 0 Å². The van der Waals surface area contributed by atoms with Crippen LogP contribution in [0.5, 0.6) is 0 Å². The van der Waals surface area contributed by atoms with E-state index < -0.39 is 11.7 Å². The number of hydrogen-bond donors (Lipinski definition) is 1. The van der Waals surface area contributed by atoms with Crippen molar-refractivity contribution >= 4 is 5.69 Å². The number of hydrogen-bond acceptors (Lipinski definition) is 2. The van der Waals surface area contributed by atoms with Gasteiger partial charge in [-0.15, -0.1) is 0 Å². The number of nitriles is 1. The second-order valence-corrected chi connectivity index (χ2v) is 5.98. The van der Waals surface area contributed by atoms with Crippen molar-refractivity contribution in [3.05, 3.63) is 29.3 Å². The van der Waals surface area contributed by atoms with Gasteiger partial charge >= 0.3 is 6.18 Å². The monoisotopic (exact) mass is 296 g/mol. The Labute approximate surface area is 123 Å². The number of nitrogens with zero attached hydrogens (tertiary/aromatic N) is 1. The molecule has 0 saturated heterocycles. The largest absolute Gasteiger partial charge is 0.416 e. The van der Waals surface area contributed by atoms with Gasteiger partial charge in [-0.1, -0.05) is 13.8 Å². The molecule has 0 aliphatic heterocycles. The van der Waals surface area contributed by atoms with Crippen molar-refractivity contribution in [2.75, 3.05) is 5.32 Å². The first-order chi connectivity index (χ1) is 9.81. The van der Waals surface area contributed by atoms with Crippen LogP contribution in [0.3, 0.4) is 0 Å². The zero-order chi connectivity index (χ0) is 15.6. The zero-order valence-electron chi connectivity index (χ0n) is 12.2. The van der Waals surface area contributed by atoms with E-state index in [0.29, 0.717) is 17.5 Å². The molecule has 1 aliphatic carbocycles. The molecule has 1 aromatic carbocycles. The molecule has 1 aliphatic rings. The average molecular weight is 296 g/mol. The molecule has 21 heavy (non-hydrogen) atoms. The van der Waals surface area contributed by atoms with E-state index in [1.165, 1.54) is 6.07 Å². The summed E-state index contributed by atoms with van der Waals surface area (Å²) in [7, 11) is 0. The molecular weight excluding hydrogens is 277 g/mol. The third-order valence-electron chi connectivity index (χ3n) is 4.43. The Morgan fingerprint density at radius 2 is 1.90 bits per heavy atom. The molecule has 2 nitrogen and oxygen atoms in total. The van der Waals surface area contributed by atoms with Gasteiger partial charge in [-0.3, -0.25) is 0 Å². The summed E-state index contributed by atoms with van der Waals surface area (Å²) in [6, 6.07) is 5.38. The smallest absolute Gasteiger partial charge is 0.381 e. The Kier molecular flexibility index (Phi) is 4.46. The predicted octanol–water partition coefficient (Wildman–Crippen LogP) is 4.81. The molecule has 1 fully saturated rings. The van der Waals surface area contributed by atoms with E-state index in [0.717, 1.165) is 31.4 Å². The SMILES string of the molecule is CC1CCC(Nc2ccc(C(F)(F)F)cc2C#N)CC1C. The molecule has 0 aromatic heterocycles. The predicted molar refractivity (Wildman–Crippen MR) is 75.7 cm³/mol. The van der Waals surface area contributed by atoms with Gasteiger partial charge in [0.05, 0.1) is 16.8 Å². The first kappa shape index (κ1) is 15.7. The number of alkyl halides is 3. The fourth-order valence-corrected chi connectivity index (χ4v) is 2.84. The van der Waals surface area contributed by atoms with Gasteiger partial charge in [0.1, 0.15) is 6.07 Å². The van der Waals surface area contributed by atoms with E-state index in [4.69, 9.17) is 5.26 Å². The van der Waals surface area contributed by atoms with Gasteiger partial charge in [0, 0.05) is 6.04 Å². The lowest BCUT2D eigenvalue weighted by atomic mass is 9.79. The Bertz CT molecular complexity index is 545. The third-order valence-corrected chi connectivity index (χ3v) is 4.43. The molecule has 0 spiro atoms. The summed E-state index contributed by atoms with van der Waals surface area (Å²) in [6.45, 7) is 4.41. The third kappa shape index (κ3) is 3.69.